The number of benzene rings is 2. The third-order valence-corrected chi connectivity index (χ3v) is 3.40. The van der Waals surface area contributed by atoms with Crippen molar-refractivity contribution in [3.63, 3.8) is 0 Å². The molecule has 0 fully saturated rings. The molecule has 0 amide bonds. The van der Waals surface area contributed by atoms with Gasteiger partial charge in [-0.3, -0.25) is 4.79 Å². The Kier molecular flexibility index (Phi) is 4.14. The van der Waals surface area contributed by atoms with Gasteiger partial charge in [-0.2, -0.15) is 0 Å². The zero-order valence-electron chi connectivity index (χ0n) is 11.2. The highest BCUT2D eigenvalue weighted by Crippen LogP contribution is 2.34. The van der Waals surface area contributed by atoms with Crippen molar-refractivity contribution in [3.05, 3.63) is 40.2 Å². The van der Waals surface area contributed by atoms with E-state index in [0.29, 0.717) is 16.3 Å². The van der Waals surface area contributed by atoms with E-state index in [4.69, 9.17) is 16.3 Å². The van der Waals surface area contributed by atoms with Crippen LogP contribution < -0.4 is 0 Å². The molecule has 0 aliphatic heterocycles. The largest absolute Gasteiger partial charge is 0.507 e. The van der Waals surface area contributed by atoms with E-state index in [1.807, 2.05) is 0 Å². The fourth-order valence-corrected chi connectivity index (χ4v) is 2.31. The lowest BCUT2D eigenvalue weighted by molar-refractivity contribution is -0.142. The van der Waals surface area contributed by atoms with Gasteiger partial charge in [-0.05, 0) is 36.9 Å². The van der Waals surface area contributed by atoms with Crippen molar-refractivity contribution in [2.45, 2.75) is 20.3 Å². The van der Waals surface area contributed by atoms with E-state index in [-0.39, 0.29) is 23.8 Å². The monoisotopic (exact) mass is 296 g/mol. The Hall–Kier alpha value is -1.81. The highest BCUT2D eigenvalue weighted by atomic mass is 35.5. The van der Waals surface area contributed by atoms with Crippen molar-refractivity contribution >= 4 is 28.3 Å². The maximum absolute atomic E-state index is 13.5. The fourth-order valence-electron chi connectivity index (χ4n) is 2.14. The lowest BCUT2D eigenvalue weighted by Gasteiger charge is -2.12. The molecule has 2 aromatic carbocycles. The summed E-state index contributed by atoms with van der Waals surface area (Å²) in [4.78, 5) is 11.5. The van der Waals surface area contributed by atoms with E-state index < -0.39 is 11.8 Å². The first-order valence-electron chi connectivity index (χ1n) is 6.19. The molecule has 0 aliphatic rings. The maximum atomic E-state index is 13.5. The van der Waals surface area contributed by atoms with E-state index in [1.165, 1.54) is 12.1 Å². The first-order valence-corrected chi connectivity index (χ1v) is 6.57. The fraction of sp³-hybridized carbons (Fsp3) is 0.267. The number of phenolic OH excluding ortho intramolecular Hbond substituents is 1. The molecule has 20 heavy (non-hydrogen) atoms. The summed E-state index contributed by atoms with van der Waals surface area (Å²) in [5.74, 6) is -1.15. The van der Waals surface area contributed by atoms with Gasteiger partial charge in [-0.1, -0.05) is 17.7 Å². The maximum Gasteiger partial charge on any atom is 0.310 e. The second-order valence-corrected chi connectivity index (χ2v) is 4.90. The van der Waals surface area contributed by atoms with E-state index in [1.54, 1.807) is 19.9 Å². The average Bonchev–Trinajstić information content (AvgIpc) is 2.38. The van der Waals surface area contributed by atoms with Crippen molar-refractivity contribution in [1.82, 2.24) is 0 Å². The summed E-state index contributed by atoms with van der Waals surface area (Å²) in [5, 5.41) is 11.2. The van der Waals surface area contributed by atoms with Crippen molar-refractivity contribution < 1.29 is 19.0 Å². The summed E-state index contributed by atoms with van der Waals surface area (Å²) < 4.78 is 18.4. The van der Waals surface area contributed by atoms with Gasteiger partial charge in [0, 0.05) is 10.9 Å². The van der Waals surface area contributed by atoms with Crippen LogP contribution in [0.3, 0.4) is 0 Å². The quantitative estimate of drug-likeness (QED) is 0.877. The Labute approximate surface area is 120 Å². The van der Waals surface area contributed by atoms with Crippen molar-refractivity contribution in [3.8, 4) is 5.75 Å². The second kappa shape index (κ2) is 5.67. The van der Waals surface area contributed by atoms with E-state index in [2.05, 4.69) is 0 Å². The Morgan fingerprint density at radius 2 is 2.10 bits per heavy atom. The molecule has 0 unspecified atom stereocenters. The normalized spacial score (nSPS) is 10.8. The number of fused-ring (bicyclic) bond motifs is 1. The standard InChI is InChI=1S/C15H14ClFO3/c1-3-20-14(18)7-10-8(2)4-9-5-12(16)13(17)6-11(9)15(10)19/h4-6,19H,3,7H2,1-2H3. The van der Waals surface area contributed by atoms with Crippen LogP contribution in [0.1, 0.15) is 18.1 Å². The van der Waals surface area contributed by atoms with E-state index in [0.717, 1.165) is 5.56 Å². The Balaban J connectivity index is 2.56. The summed E-state index contributed by atoms with van der Waals surface area (Å²) in [7, 11) is 0. The van der Waals surface area contributed by atoms with Crippen molar-refractivity contribution in [2.75, 3.05) is 6.61 Å². The molecule has 3 nitrogen and oxygen atoms in total. The molecule has 0 spiro atoms. The number of aromatic hydroxyl groups is 1. The van der Waals surface area contributed by atoms with Gasteiger partial charge in [0.2, 0.25) is 0 Å². The SMILES string of the molecule is CCOC(=O)Cc1c(C)cc2cc(Cl)c(F)cc2c1O. The summed E-state index contributed by atoms with van der Waals surface area (Å²) in [6.45, 7) is 3.75. The zero-order chi connectivity index (χ0) is 14.9. The van der Waals surface area contributed by atoms with Crippen LogP contribution in [0.25, 0.3) is 10.8 Å². The molecule has 0 aromatic heterocycles. The molecule has 0 bridgehead atoms. The first-order chi connectivity index (χ1) is 9.43. The number of rotatable bonds is 3. The number of carbonyl (C=O) groups excluding carboxylic acids is 1. The summed E-state index contributed by atoms with van der Waals surface area (Å²) in [6.07, 6.45) is -0.0499. The van der Waals surface area contributed by atoms with Gasteiger partial charge in [-0.15, -0.1) is 0 Å². The molecule has 2 rings (SSSR count). The van der Waals surface area contributed by atoms with Crippen LogP contribution >= 0.6 is 11.6 Å². The molecular weight excluding hydrogens is 283 g/mol. The van der Waals surface area contributed by atoms with Crippen molar-refractivity contribution in [2.24, 2.45) is 0 Å². The summed E-state index contributed by atoms with van der Waals surface area (Å²) in [5.41, 5.74) is 1.17. The second-order valence-electron chi connectivity index (χ2n) is 4.49. The molecule has 0 radical (unpaired) electrons. The molecule has 0 saturated carbocycles. The number of ether oxygens (including phenoxy) is 1. The van der Waals surface area contributed by atoms with Gasteiger partial charge in [0.05, 0.1) is 18.1 Å². The van der Waals surface area contributed by atoms with Crippen LogP contribution in [0.15, 0.2) is 18.2 Å². The molecule has 5 heteroatoms. The molecule has 1 N–H and O–H groups in total. The predicted molar refractivity (Wildman–Crippen MR) is 75.7 cm³/mol. The molecule has 0 heterocycles. The summed E-state index contributed by atoms with van der Waals surface area (Å²) in [6, 6.07) is 4.38. The lowest BCUT2D eigenvalue weighted by Crippen LogP contribution is -2.09. The lowest BCUT2D eigenvalue weighted by atomic mass is 9.98. The van der Waals surface area contributed by atoms with Gasteiger partial charge >= 0.3 is 5.97 Å². The minimum absolute atomic E-state index is 0.00515. The third-order valence-electron chi connectivity index (χ3n) is 3.11. The van der Waals surface area contributed by atoms with Crippen LogP contribution in [0.5, 0.6) is 5.75 Å². The number of esters is 1. The number of carbonyl (C=O) groups is 1. The van der Waals surface area contributed by atoms with Crippen LogP contribution in [0.2, 0.25) is 5.02 Å². The van der Waals surface area contributed by atoms with Gasteiger partial charge < -0.3 is 9.84 Å². The molecule has 0 aliphatic carbocycles. The van der Waals surface area contributed by atoms with Gasteiger partial charge in [0.1, 0.15) is 11.6 Å². The van der Waals surface area contributed by atoms with Gasteiger partial charge in [-0.25, -0.2) is 4.39 Å². The number of hydrogen-bond acceptors (Lipinski definition) is 3. The van der Waals surface area contributed by atoms with E-state index in [9.17, 15) is 14.3 Å². The minimum atomic E-state index is -0.611. The smallest absolute Gasteiger partial charge is 0.310 e. The number of phenols is 1. The molecule has 0 saturated heterocycles. The van der Waals surface area contributed by atoms with Gasteiger partial charge in [0.25, 0.3) is 0 Å². The highest BCUT2D eigenvalue weighted by Gasteiger charge is 2.16. The number of aryl methyl sites for hydroxylation is 1. The zero-order valence-corrected chi connectivity index (χ0v) is 11.9. The Bertz CT molecular complexity index is 683. The molecule has 0 atom stereocenters. The third kappa shape index (κ3) is 2.70. The van der Waals surface area contributed by atoms with Crippen LogP contribution in [0.4, 0.5) is 4.39 Å². The summed E-state index contributed by atoms with van der Waals surface area (Å²) >= 11 is 5.73. The topological polar surface area (TPSA) is 46.5 Å². The van der Waals surface area contributed by atoms with Crippen LogP contribution in [-0.2, 0) is 16.0 Å². The van der Waals surface area contributed by atoms with E-state index >= 15 is 0 Å². The first kappa shape index (κ1) is 14.6. The van der Waals surface area contributed by atoms with Gasteiger partial charge in [0.15, 0.2) is 0 Å². The van der Waals surface area contributed by atoms with Crippen LogP contribution in [-0.4, -0.2) is 17.7 Å². The van der Waals surface area contributed by atoms with Crippen molar-refractivity contribution in [1.29, 1.82) is 0 Å². The average molecular weight is 297 g/mol. The number of hydrogen-bond donors (Lipinski definition) is 1. The number of halogens is 2. The van der Waals surface area contributed by atoms with Crippen LogP contribution in [0, 0.1) is 12.7 Å². The minimum Gasteiger partial charge on any atom is -0.507 e. The molecular formula is C15H14ClFO3. The molecule has 2 aromatic rings. The predicted octanol–water partition coefficient (Wildman–Crippen LogP) is 3.75. The highest BCUT2D eigenvalue weighted by molar-refractivity contribution is 6.31. The Morgan fingerprint density at radius 1 is 1.40 bits per heavy atom. The Morgan fingerprint density at radius 3 is 2.75 bits per heavy atom. The molecule has 106 valence electrons.